The molecule has 3 N–H and O–H groups in total. The van der Waals surface area contributed by atoms with E-state index in [1.54, 1.807) is 7.11 Å². The fourth-order valence-corrected chi connectivity index (χ4v) is 1.52. The first-order valence-electron chi connectivity index (χ1n) is 6.20. The zero-order valence-corrected chi connectivity index (χ0v) is 11.3. The van der Waals surface area contributed by atoms with E-state index in [4.69, 9.17) is 9.84 Å². The van der Waals surface area contributed by atoms with Gasteiger partial charge in [0, 0.05) is 13.0 Å². The average Bonchev–Trinajstić information content (AvgIpc) is 2.43. The van der Waals surface area contributed by atoms with Gasteiger partial charge in [-0.1, -0.05) is 12.1 Å². The van der Waals surface area contributed by atoms with E-state index in [1.807, 2.05) is 24.3 Å². The summed E-state index contributed by atoms with van der Waals surface area (Å²) < 4.78 is 5.11. The van der Waals surface area contributed by atoms with E-state index in [1.165, 1.54) is 6.92 Å². The number of hydrogen-bond donors (Lipinski definition) is 3. The summed E-state index contributed by atoms with van der Waals surface area (Å²) in [5.41, 5.74) is -0.255. The molecule has 0 aliphatic carbocycles. The minimum atomic E-state index is -1.27. The highest BCUT2D eigenvalue weighted by atomic mass is 16.5. The van der Waals surface area contributed by atoms with E-state index in [-0.39, 0.29) is 19.1 Å². The molecule has 5 heteroatoms. The van der Waals surface area contributed by atoms with Crippen molar-refractivity contribution in [3.05, 3.63) is 29.8 Å². The Kier molecular flexibility index (Phi) is 5.79. The zero-order chi connectivity index (χ0) is 14.3. The average molecular weight is 267 g/mol. The predicted octanol–water partition coefficient (Wildman–Crippen LogP) is 0.487. The van der Waals surface area contributed by atoms with Crippen LogP contribution in [-0.2, 0) is 11.2 Å². The Morgan fingerprint density at radius 1 is 1.47 bits per heavy atom. The topological polar surface area (TPSA) is 78.8 Å². The number of carbonyl (C=O) groups excluding carboxylic acids is 1. The summed E-state index contributed by atoms with van der Waals surface area (Å²) in [4.78, 5) is 11.6. The molecule has 19 heavy (non-hydrogen) atoms. The Labute approximate surface area is 113 Å². The number of aryl methyl sites for hydroxylation is 1. The van der Waals surface area contributed by atoms with E-state index in [0.29, 0.717) is 12.8 Å². The van der Waals surface area contributed by atoms with Crippen LogP contribution in [0.1, 0.15) is 18.9 Å². The van der Waals surface area contributed by atoms with Crippen LogP contribution in [0.15, 0.2) is 24.3 Å². The lowest BCUT2D eigenvalue weighted by Crippen LogP contribution is -2.43. The smallest absolute Gasteiger partial charge is 0.220 e. The van der Waals surface area contributed by atoms with Crippen molar-refractivity contribution < 1.29 is 19.7 Å². The number of aliphatic hydroxyl groups excluding tert-OH is 1. The number of rotatable bonds is 7. The van der Waals surface area contributed by atoms with Crippen LogP contribution in [0.4, 0.5) is 0 Å². The van der Waals surface area contributed by atoms with Gasteiger partial charge in [-0.15, -0.1) is 0 Å². The van der Waals surface area contributed by atoms with Gasteiger partial charge in [-0.2, -0.15) is 0 Å². The molecule has 1 amide bonds. The predicted molar refractivity (Wildman–Crippen MR) is 72.0 cm³/mol. The van der Waals surface area contributed by atoms with Gasteiger partial charge in [-0.05, 0) is 31.0 Å². The highest BCUT2D eigenvalue weighted by molar-refractivity contribution is 5.76. The molecule has 0 aromatic heterocycles. The van der Waals surface area contributed by atoms with E-state index < -0.39 is 5.60 Å². The standard InChI is InChI=1S/C14H21NO4/c1-14(18,10-16)9-15-13(17)7-6-11-4-3-5-12(8-11)19-2/h3-5,8,16,18H,6-7,9-10H2,1-2H3,(H,15,17). The molecule has 0 fully saturated rings. The molecule has 0 heterocycles. The molecule has 0 spiro atoms. The van der Waals surface area contributed by atoms with Crippen molar-refractivity contribution in [1.29, 1.82) is 0 Å². The molecule has 0 aliphatic heterocycles. The molecular formula is C14H21NO4. The van der Waals surface area contributed by atoms with Gasteiger partial charge in [-0.3, -0.25) is 4.79 Å². The molecule has 1 unspecified atom stereocenters. The summed E-state index contributed by atoms with van der Waals surface area (Å²) in [6.07, 6.45) is 0.930. The van der Waals surface area contributed by atoms with E-state index in [0.717, 1.165) is 11.3 Å². The number of ether oxygens (including phenoxy) is 1. The molecule has 1 aromatic rings. The summed E-state index contributed by atoms with van der Waals surface area (Å²) in [6.45, 7) is 1.12. The van der Waals surface area contributed by atoms with Crippen molar-refractivity contribution >= 4 is 5.91 Å². The number of aliphatic hydroxyl groups is 2. The fraction of sp³-hybridized carbons (Fsp3) is 0.500. The van der Waals surface area contributed by atoms with Gasteiger partial charge in [0.1, 0.15) is 11.4 Å². The quantitative estimate of drug-likeness (QED) is 0.671. The van der Waals surface area contributed by atoms with Crippen molar-refractivity contribution in [3.63, 3.8) is 0 Å². The molecular weight excluding hydrogens is 246 g/mol. The Morgan fingerprint density at radius 3 is 2.84 bits per heavy atom. The van der Waals surface area contributed by atoms with Gasteiger partial charge in [0.15, 0.2) is 0 Å². The van der Waals surface area contributed by atoms with Crippen LogP contribution in [0.5, 0.6) is 5.75 Å². The molecule has 0 aliphatic rings. The van der Waals surface area contributed by atoms with Gasteiger partial charge < -0.3 is 20.3 Å². The first kappa shape index (κ1) is 15.5. The van der Waals surface area contributed by atoms with Gasteiger partial charge in [0.05, 0.1) is 13.7 Å². The van der Waals surface area contributed by atoms with Crippen molar-refractivity contribution in [1.82, 2.24) is 5.32 Å². The number of benzene rings is 1. The maximum atomic E-state index is 11.6. The summed E-state index contributed by atoms with van der Waals surface area (Å²) in [6, 6.07) is 7.54. The van der Waals surface area contributed by atoms with Crippen LogP contribution in [0.2, 0.25) is 0 Å². The third kappa shape index (κ3) is 5.72. The SMILES string of the molecule is COc1cccc(CCC(=O)NCC(C)(O)CO)c1. The van der Waals surface area contributed by atoms with Crippen molar-refractivity contribution in [2.75, 3.05) is 20.3 Å². The summed E-state index contributed by atoms with van der Waals surface area (Å²) in [7, 11) is 1.60. The first-order valence-corrected chi connectivity index (χ1v) is 6.20. The number of hydrogen-bond acceptors (Lipinski definition) is 4. The van der Waals surface area contributed by atoms with E-state index in [9.17, 15) is 9.90 Å². The largest absolute Gasteiger partial charge is 0.497 e. The molecule has 0 radical (unpaired) electrons. The van der Waals surface area contributed by atoms with E-state index >= 15 is 0 Å². The summed E-state index contributed by atoms with van der Waals surface area (Å²) in [5, 5.41) is 21.0. The molecule has 5 nitrogen and oxygen atoms in total. The molecule has 0 bridgehead atoms. The summed E-state index contributed by atoms with van der Waals surface area (Å²) >= 11 is 0. The minimum absolute atomic E-state index is 0.0421. The van der Waals surface area contributed by atoms with Gasteiger partial charge in [0.2, 0.25) is 5.91 Å². The van der Waals surface area contributed by atoms with Gasteiger partial charge >= 0.3 is 0 Å². The first-order chi connectivity index (χ1) is 8.96. The van der Waals surface area contributed by atoms with Crippen molar-refractivity contribution in [2.45, 2.75) is 25.4 Å². The molecule has 1 atom stereocenters. The Bertz CT molecular complexity index is 418. The highest BCUT2D eigenvalue weighted by Gasteiger charge is 2.19. The molecule has 1 aromatic carbocycles. The second kappa shape index (κ2) is 7.11. The molecule has 0 saturated heterocycles. The minimum Gasteiger partial charge on any atom is -0.497 e. The molecule has 0 saturated carbocycles. The number of methoxy groups -OCH3 is 1. The zero-order valence-electron chi connectivity index (χ0n) is 11.3. The van der Waals surface area contributed by atoms with Crippen LogP contribution in [0.3, 0.4) is 0 Å². The fourth-order valence-electron chi connectivity index (χ4n) is 1.52. The van der Waals surface area contributed by atoms with Gasteiger partial charge in [0.25, 0.3) is 0 Å². The molecule has 106 valence electrons. The third-order valence-electron chi connectivity index (χ3n) is 2.78. The van der Waals surface area contributed by atoms with E-state index in [2.05, 4.69) is 5.32 Å². The Hall–Kier alpha value is -1.59. The Morgan fingerprint density at radius 2 is 2.21 bits per heavy atom. The number of amides is 1. The highest BCUT2D eigenvalue weighted by Crippen LogP contribution is 2.13. The normalized spacial score (nSPS) is 13.7. The lowest BCUT2D eigenvalue weighted by atomic mass is 10.1. The Balaban J connectivity index is 2.37. The van der Waals surface area contributed by atoms with Crippen LogP contribution >= 0.6 is 0 Å². The third-order valence-corrected chi connectivity index (χ3v) is 2.78. The maximum Gasteiger partial charge on any atom is 0.220 e. The van der Waals surface area contributed by atoms with Crippen molar-refractivity contribution in [2.24, 2.45) is 0 Å². The lowest BCUT2D eigenvalue weighted by molar-refractivity contribution is -0.122. The summed E-state index contributed by atoms with van der Waals surface area (Å²) in [5.74, 6) is 0.609. The van der Waals surface area contributed by atoms with Crippen molar-refractivity contribution in [3.8, 4) is 5.75 Å². The number of nitrogens with one attached hydrogen (secondary N) is 1. The second-order valence-corrected chi connectivity index (χ2v) is 4.78. The maximum absolute atomic E-state index is 11.6. The second-order valence-electron chi connectivity index (χ2n) is 4.78. The molecule has 1 rings (SSSR count). The lowest BCUT2D eigenvalue weighted by Gasteiger charge is -2.20. The monoisotopic (exact) mass is 267 g/mol. The number of carbonyl (C=O) groups is 1. The van der Waals surface area contributed by atoms with Crippen LogP contribution in [0.25, 0.3) is 0 Å². The van der Waals surface area contributed by atoms with Gasteiger partial charge in [-0.25, -0.2) is 0 Å². The van der Waals surface area contributed by atoms with Crippen LogP contribution < -0.4 is 10.1 Å². The van der Waals surface area contributed by atoms with Crippen LogP contribution in [-0.4, -0.2) is 42.0 Å². The van der Waals surface area contributed by atoms with Crippen LogP contribution in [0, 0.1) is 0 Å².